The van der Waals surface area contributed by atoms with Gasteiger partial charge >= 0.3 is 0 Å². The van der Waals surface area contributed by atoms with Crippen molar-refractivity contribution >= 4 is 11.8 Å². The van der Waals surface area contributed by atoms with E-state index in [-0.39, 0.29) is 36.5 Å². The summed E-state index contributed by atoms with van der Waals surface area (Å²) in [5, 5.41) is 11.5. The summed E-state index contributed by atoms with van der Waals surface area (Å²) >= 11 is 0. The molecule has 0 radical (unpaired) electrons. The average Bonchev–Trinajstić information content (AvgIpc) is 2.50. The predicted molar refractivity (Wildman–Crippen MR) is 78.1 cm³/mol. The molecule has 1 N–H and O–H groups in total. The Hall–Kier alpha value is -2.42. The Morgan fingerprint density at radius 3 is 2.50 bits per heavy atom. The second-order valence-electron chi connectivity index (χ2n) is 5.36. The average molecular weight is 303 g/mol. The molecule has 0 spiro atoms. The number of hydrogen-bond donors (Lipinski definition) is 1. The van der Waals surface area contributed by atoms with Gasteiger partial charge in [-0.3, -0.25) is 9.59 Å². The maximum atomic E-state index is 12.8. The number of hydrogen-bond acceptors (Lipinski definition) is 3. The Morgan fingerprint density at radius 2 is 1.91 bits per heavy atom. The van der Waals surface area contributed by atoms with Crippen molar-refractivity contribution in [3.63, 3.8) is 0 Å². The van der Waals surface area contributed by atoms with Gasteiger partial charge in [0, 0.05) is 19.1 Å². The zero-order chi connectivity index (χ0) is 15.9. The third-order valence-corrected chi connectivity index (χ3v) is 3.72. The maximum Gasteiger partial charge on any atom is 0.236 e. The number of nitriles is 1. The normalized spacial score (nSPS) is 15.2. The summed E-state index contributed by atoms with van der Waals surface area (Å²) < 4.78 is 12.8. The second kappa shape index (κ2) is 7.55. The first-order chi connectivity index (χ1) is 10.6. The van der Waals surface area contributed by atoms with Crippen molar-refractivity contribution in [2.45, 2.75) is 31.7 Å². The van der Waals surface area contributed by atoms with Crippen LogP contribution in [0.2, 0.25) is 0 Å². The number of nitrogens with zero attached hydrogens (tertiary/aromatic N) is 2. The van der Waals surface area contributed by atoms with E-state index in [1.54, 1.807) is 17.0 Å². The fourth-order valence-electron chi connectivity index (χ4n) is 2.52. The number of rotatable bonds is 4. The molecule has 6 heteroatoms. The van der Waals surface area contributed by atoms with Gasteiger partial charge in [0.15, 0.2) is 0 Å². The Bertz CT molecular complexity index is 572. The molecule has 1 aromatic carbocycles. The van der Waals surface area contributed by atoms with Crippen LogP contribution in [0.3, 0.4) is 0 Å². The van der Waals surface area contributed by atoms with Gasteiger partial charge in [0.1, 0.15) is 12.2 Å². The van der Waals surface area contributed by atoms with Crippen molar-refractivity contribution in [2.24, 2.45) is 0 Å². The van der Waals surface area contributed by atoms with Gasteiger partial charge in [0.2, 0.25) is 11.8 Å². The van der Waals surface area contributed by atoms with Crippen LogP contribution in [-0.4, -0.2) is 35.8 Å². The highest BCUT2D eigenvalue weighted by Crippen LogP contribution is 2.12. The number of likely N-dealkylation sites (tertiary alicyclic amines) is 1. The molecule has 1 aromatic rings. The molecular weight excluding hydrogens is 285 g/mol. The molecule has 5 nitrogen and oxygen atoms in total. The quantitative estimate of drug-likeness (QED) is 0.913. The minimum absolute atomic E-state index is 0.0408. The molecule has 1 saturated heterocycles. The summed E-state index contributed by atoms with van der Waals surface area (Å²) in [6.45, 7) is 1.12. The van der Waals surface area contributed by atoms with E-state index in [0.29, 0.717) is 25.9 Å². The van der Waals surface area contributed by atoms with E-state index in [1.807, 2.05) is 6.07 Å². The summed E-state index contributed by atoms with van der Waals surface area (Å²) in [5.74, 6) is -0.578. The van der Waals surface area contributed by atoms with E-state index in [4.69, 9.17) is 5.26 Å². The molecule has 1 aliphatic heterocycles. The number of halogens is 1. The van der Waals surface area contributed by atoms with E-state index in [0.717, 1.165) is 5.56 Å². The molecule has 116 valence electrons. The number of carbonyl (C=O) groups is 2. The summed E-state index contributed by atoms with van der Waals surface area (Å²) in [6, 6.07) is 7.75. The topological polar surface area (TPSA) is 73.2 Å². The summed E-state index contributed by atoms with van der Waals surface area (Å²) in [5.41, 5.74) is 0.764. The van der Waals surface area contributed by atoms with Gasteiger partial charge in [-0.1, -0.05) is 12.1 Å². The third kappa shape index (κ3) is 4.55. The number of piperidine rings is 1. The van der Waals surface area contributed by atoms with Gasteiger partial charge in [-0.15, -0.1) is 0 Å². The van der Waals surface area contributed by atoms with Gasteiger partial charge in [-0.05, 0) is 30.5 Å². The molecule has 0 saturated carbocycles. The Kier molecular flexibility index (Phi) is 5.48. The lowest BCUT2D eigenvalue weighted by molar-refractivity contribution is -0.131. The van der Waals surface area contributed by atoms with Crippen molar-refractivity contribution in [3.05, 3.63) is 35.6 Å². The molecular formula is C16H18FN3O2. The summed E-state index contributed by atoms with van der Waals surface area (Å²) in [7, 11) is 0. The minimum atomic E-state index is -0.321. The van der Waals surface area contributed by atoms with Crippen LogP contribution in [0, 0.1) is 17.1 Å². The Morgan fingerprint density at radius 1 is 1.27 bits per heavy atom. The lowest BCUT2D eigenvalue weighted by atomic mass is 10.0. The number of nitrogens with one attached hydrogen (secondary N) is 1. The van der Waals surface area contributed by atoms with E-state index in [2.05, 4.69) is 5.32 Å². The highest BCUT2D eigenvalue weighted by molar-refractivity contribution is 5.79. The summed E-state index contributed by atoms with van der Waals surface area (Å²) in [6.07, 6.45) is 1.49. The van der Waals surface area contributed by atoms with Crippen molar-refractivity contribution in [1.29, 1.82) is 5.26 Å². The molecule has 1 aliphatic rings. The van der Waals surface area contributed by atoms with Gasteiger partial charge in [0.05, 0.1) is 12.5 Å². The number of amides is 2. The Labute approximate surface area is 128 Å². The third-order valence-electron chi connectivity index (χ3n) is 3.72. The molecule has 0 atom stereocenters. The van der Waals surface area contributed by atoms with Crippen molar-refractivity contribution in [1.82, 2.24) is 10.2 Å². The van der Waals surface area contributed by atoms with Crippen LogP contribution in [0.1, 0.15) is 24.8 Å². The monoisotopic (exact) mass is 303 g/mol. The first-order valence-electron chi connectivity index (χ1n) is 7.27. The van der Waals surface area contributed by atoms with Crippen LogP contribution in [0.25, 0.3) is 0 Å². The van der Waals surface area contributed by atoms with Crippen LogP contribution >= 0.6 is 0 Å². The molecule has 0 aliphatic carbocycles. The van der Waals surface area contributed by atoms with Crippen LogP contribution < -0.4 is 5.32 Å². The maximum absolute atomic E-state index is 12.8. The first-order valence-corrected chi connectivity index (χ1v) is 7.27. The van der Waals surface area contributed by atoms with Crippen LogP contribution in [0.4, 0.5) is 4.39 Å². The lowest BCUT2D eigenvalue weighted by Gasteiger charge is -2.32. The van der Waals surface area contributed by atoms with E-state index < -0.39 is 0 Å². The predicted octanol–water partition coefficient (Wildman–Crippen LogP) is 1.39. The van der Waals surface area contributed by atoms with Crippen molar-refractivity contribution in [2.75, 3.05) is 13.1 Å². The molecule has 22 heavy (non-hydrogen) atoms. The minimum Gasteiger partial charge on any atom is -0.353 e. The molecule has 2 rings (SSSR count). The largest absolute Gasteiger partial charge is 0.353 e. The smallest absolute Gasteiger partial charge is 0.236 e. The standard InChI is InChI=1S/C16H18FN3O2/c17-13-3-1-12(2-4-13)11-15(21)19-14-6-9-20(10-7-14)16(22)5-8-18/h1-4,14H,5-7,9-11H2,(H,19,21). The zero-order valence-electron chi connectivity index (χ0n) is 12.2. The lowest BCUT2D eigenvalue weighted by Crippen LogP contribution is -2.46. The van der Waals surface area contributed by atoms with Crippen LogP contribution in [-0.2, 0) is 16.0 Å². The van der Waals surface area contributed by atoms with Gasteiger partial charge in [-0.25, -0.2) is 4.39 Å². The molecule has 2 amide bonds. The van der Waals surface area contributed by atoms with E-state index in [9.17, 15) is 14.0 Å². The molecule has 0 unspecified atom stereocenters. The van der Waals surface area contributed by atoms with E-state index >= 15 is 0 Å². The van der Waals surface area contributed by atoms with Crippen LogP contribution in [0.5, 0.6) is 0 Å². The molecule has 0 bridgehead atoms. The summed E-state index contributed by atoms with van der Waals surface area (Å²) in [4.78, 5) is 25.2. The van der Waals surface area contributed by atoms with E-state index in [1.165, 1.54) is 12.1 Å². The molecule has 1 heterocycles. The van der Waals surface area contributed by atoms with Crippen molar-refractivity contribution in [3.8, 4) is 6.07 Å². The highest BCUT2D eigenvalue weighted by atomic mass is 19.1. The number of carbonyl (C=O) groups excluding carboxylic acids is 2. The van der Waals surface area contributed by atoms with Crippen molar-refractivity contribution < 1.29 is 14.0 Å². The van der Waals surface area contributed by atoms with Crippen LogP contribution in [0.15, 0.2) is 24.3 Å². The molecule has 0 aromatic heterocycles. The zero-order valence-corrected chi connectivity index (χ0v) is 12.2. The number of benzene rings is 1. The SMILES string of the molecule is N#CCC(=O)N1CCC(NC(=O)Cc2ccc(F)cc2)CC1. The Balaban J connectivity index is 1.76. The van der Waals surface area contributed by atoms with Gasteiger partial charge in [0.25, 0.3) is 0 Å². The van der Waals surface area contributed by atoms with Gasteiger partial charge in [-0.2, -0.15) is 5.26 Å². The van der Waals surface area contributed by atoms with Gasteiger partial charge < -0.3 is 10.2 Å². The fourth-order valence-corrected chi connectivity index (χ4v) is 2.52. The second-order valence-corrected chi connectivity index (χ2v) is 5.36. The first kappa shape index (κ1) is 16.0. The highest BCUT2D eigenvalue weighted by Gasteiger charge is 2.23. The fraction of sp³-hybridized carbons (Fsp3) is 0.438. The molecule has 1 fully saturated rings.